The first-order chi connectivity index (χ1) is 34.5. The number of fused-ring (bicyclic) bond motifs is 4. The SMILES string of the molecule is C=C/C=C\C1=CN(c2ccc3c(-c4ccc5ccccc5c4)c4cc(N(c5ccccc5)c5ccccc5NC)ccc4c(-c4ccccc4-c4cccc5ccccc45)c3c2)C(/C=C\C=C)=CN1C. The summed E-state index contributed by atoms with van der Waals surface area (Å²) in [6.07, 6.45) is 16.2. The van der Waals surface area contributed by atoms with Crippen LogP contribution >= 0.6 is 0 Å². The summed E-state index contributed by atoms with van der Waals surface area (Å²) in [6.45, 7) is 7.97. The van der Waals surface area contributed by atoms with Gasteiger partial charge in [-0.2, -0.15) is 0 Å². The Hall–Kier alpha value is -9.12. The van der Waals surface area contributed by atoms with Crippen LogP contribution < -0.4 is 15.1 Å². The second-order valence-electron chi connectivity index (χ2n) is 17.6. The largest absolute Gasteiger partial charge is 0.386 e. The Morgan fingerprint density at radius 3 is 1.91 bits per heavy atom. The maximum absolute atomic E-state index is 4.01. The standard InChI is InChI=1S/C66H52N4/c1-5-7-25-53-45-69(54(26-8-6-2)44-68(53)4)51-37-39-59-62(42-51)66(58-31-17-16-30-57(58)56-32-20-24-47-22-14-15-29-55(47)56)60-40-38-52(43-61(60)65(59)49-36-35-46-21-12-13-23-48(46)41-49)70(50-27-10-9-11-28-50)64-34-19-18-33-63(64)67-3/h5-45,67H,1-2H2,3-4H3/b25-7-,26-8-. The Balaban J connectivity index is 1.28. The smallest absolute Gasteiger partial charge is 0.0693 e. The second kappa shape index (κ2) is 18.9. The molecule has 4 heteroatoms. The first kappa shape index (κ1) is 43.5. The van der Waals surface area contributed by atoms with Crippen LogP contribution in [0.15, 0.2) is 274 Å². The molecule has 0 atom stereocenters. The summed E-state index contributed by atoms with van der Waals surface area (Å²) in [5.74, 6) is 0. The molecule has 336 valence electrons. The molecule has 11 rings (SSSR count). The lowest BCUT2D eigenvalue weighted by molar-refractivity contribution is 0.569. The summed E-state index contributed by atoms with van der Waals surface area (Å²) in [7, 11) is 4.07. The molecule has 0 bridgehead atoms. The molecule has 70 heavy (non-hydrogen) atoms. The van der Waals surface area contributed by atoms with Crippen molar-refractivity contribution in [2.75, 3.05) is 29.2 Å². The lowest BCUT2D eigenvalue weighted by Gasteiger charge is -2.32. The molecule has 0 amide bonds. The molecule has 0 fully saturated rings. The number of anilines is 5. The molecule has 10 aromatic carbocycles. The Morgan fingerprint density at radius 1 is 0.457 bits per heavy atom. The monoisotopic (exact) mass is 900 g/mol. The molecule has 0 aliphatic carbocycles. The zero-order valence-corrected chi connectivity index (χ0v) is 39.4. The van der Waals surface area contributed by atoms with Gasteiger partial charge >= 0.3 is 0 Å². The molecule has 0 radical (unpaired) electrons. The van der Waals surface area contributed by atoms with E-state index in [1.807, 2.05) is 31.4 Å². The van der Waals surface area contributed by atoms with Gasteiger partial charge in [-0.3, -0.25) is 0 Å². The molecular weight excluding hydrogens is 849 g/mol. The van der Waals surface area contributed by atoms with Crippen molar-refractivity contribution in [1.29, 1.82) is 0 Å². The van der Waals surface area contributed by atoms with E-state index in [-0.39, 0.29) is 0 Å². The number of rotatable bonds is 12. The normalized spacial score (nSPS) is 12.8. The predicted octanol–water partition coefficient (Wildman–Crippen LogP) is 17.7. The van der Waals surface area contributed by atoms with Crippen molar-refractivity contribution >= 4 is 71.5 Å². The fourth-order valence-electron chi connectivity index (χ4n) is 10.2. The van der Waals surface area contributed by atoms with Crippen molar-refractivity contribution in [2.45, 2.75) is 0 Å². The third kappa shape index (κ3) is 7.91. The molecule has 10 aromatic rings. The number of nitrogens with one attached hydrogen (secondary N) is 1. The van der Waals surface area contributed by atoms with E-state index >= 15 is 0 Å². The van der Waals surface area contributed by atoms with Crippen molar-refractivity contribution in [3.05, 3.63) is 274 Å². The van der Waals surface area contributed by atoms with Gasteiger partial charge in [-0.25, -0.2) is 0 Å². The predicted molar refractivity (Wildman–Crippen MR) is 302 cm³/mol. The van der Waals surface area contributed by atoms with Crippen LogP contribution in [0, 0.1) is 0 Å². The van der Waals surface area contributed by atoms with E-state index < -0.39 is 0 Å². The van der Waals surface area contributed by atoms with Gasteiger partial charge in [0, 0.05) is 43.6 Å². The average Bonchev–Trinajstić information content (AvgIpc) is 3.41. The second-order valence-corrected chi connectivity index (χ2v) is 17.6. The summed E-state index contributed by atoms with van der Waals surface area (Å²) in [5, 5.41) is 12.9. The van der Waals surface area contributed by atoms with Gasteiger partial charge < -0.3 is 20.0 Å². The van der Waals surface area contributed by atoms with E-state index in [0.717, 1.165) is 72.5 Å². The highest BCUT2D eigenvalue weighted by atomic mass is 15.2. The van der Waals surface area contributed by atoms with Crippen molar-refractivity contribution in [3.63, 3.8) is 0 Å². The third-order valence-electron chi connectivity index (χ3n) is 13.4. The Kier molecular flexibility index (Phi) is 11.7. The quantitative estimate of drug-likeness (QED) is 0.0974. The molecule has 1 N–H and O–H groups in total. The highest BCUT2D eigenvalue weighted by molar-refractivity contribution is 6.24. The molecule has 0 saturated carbocycles. The number of allylic oxidation sites excluding steroid dienone is 6. The van der Waals surface area contributed by atoms with Crippen LogP contribution in [0.5, 0.6) is 0 Å². The van der Waals surface area contributed by atoms with Crippen LogP contribution in [0.2, 0.25) is 0 Å². The number of hydrogen-bond acceptors (Lipinski definition) is 4. The Morgan fingerprint density at radius 2 is 1.10 bits per heavy atom. The molecule has 0 unspecified atom stereocenters. The summed E-state index contributed by atoms with van der Waals surface area (Å²) in [4.78, 5) is 6.79. The molecular formula is C66H52N4. The summed E-state index contributed by atoms with van der Waals surface area (Å²) in [5.41, 5.74) is 14.3. The number of benzene rings is 10. The minimum Gasteiger partial charge on any atom is -0.386 e. The first-order valence-electron chi connectivity index (χ1n) is 23.8. The Bertz CT molecular complexity index is 3770. The molecule has 0 aromatic heterocycles. The number of hydrogen-bond donors (Lipinski definition) is 1. The van der Waals surface area contributed by atoms with Gasteiger partial charge in [0.1, 0.15) is 0 Å². The fourth-order valence-corrected chi connectivity index (χ4v) is 10.2. The molecule has 4 nitrogen and oxygen atoms in total. The van der Waals surface area contributed by atoms with Gasteiger partial charge in [0.05, 0.1) is 22.8 Å². The van der Waals surface area contributed by atoms with Crippen molar-refractivity contribution in [2.24, 2.45) is 0 Å². The van der Waals surface area contributed by atoms with Gasteiger partial charge in [-0.15, -0.1) is 0 Å². The van der Waals surface area contributed by atoms with Gasteiger partial charge in [0.25, 0.3) is 0 Å². The van der Waals surface area contributed by atoms with E-state index in [2.05, 4.69) is 265 Å². The minimum absolute atomic E-state index is 1.01. The number of para-hydroxylation sites is 3. The molecule has 1 aliphatic heterocycles. The van der Waals surface area contributed by atoms with Crippen molar-refractivity contribution in [1.82, 2.24) is 4.90 Å². The number of nitrogens with zero attached hydrogens (tertiary/aromatic N) is 3. The molecule has 0 saturated heterocycles. The first-order valence-corrected chi connectivity index (χ1v) is 23.8. The van der Waals surface area contributed by atoms with E-state index in [1.165, 1.54) is 43.8 Å². The topological polar surface area (TPSA) is 21.8 Å². The van der Waals surface area contributed by atoms with Crippen LogP contribution in [0.1, 0.15) is 0 Å². The average molecular weight is 901 g/mol. The zero-order valence-electron chi connectivity index (χ0n) is 39.4. The maximum Gasteiger partial charge on any atom is 0.0693 e. The molecule has 1 aliphatic rings. The van der Waals surface area contributed by atoms with E-state index in [1.54, 1.807) is 0 Å². The highest BCUT2D eigenvalue weighted by Gasteiger charge is 2.25. The van der Waals surface area contributed by atoms with Crippen LogP contribution in [-0.4, -0.2) is 19.0 Å². The van der Waals surface area contributed by atoms with E-state index in [9.17, 15) is 0 Å². The van der Waals surface area contributed by atoms with Gasteiger partial charge in [0.2, 0.25) is 0 Å². The minimum atomic E-state index is 1.01. The molecule has 1 heterocycles. The van der Waals surface area contributed by atoms with E-state index in [0.29, 0.717) is 0 Å². The zero-order chi connectivity index (χ0) is 47.6. The van der Waals surface area contributed by atoms with E-state index in [4.69, 9.17) is 0 Å². The molecule has 0 spiro atoms. The Labute approximate surface area is 410 Å². The van der Waals surface area contributed by atoms with Crippen LogP contribution in [0.4, 0.5) is 28.4 Å². The summed E-state index contributed by atoms with van der Waals surface area (Å²) < 4.78 is 0. The van der Waals surface area contributed by atoms with Crippen LogP contribution in [0.25, 0.3) is 76.5 Å². The van der Waals surface area contributed by atoms with Gasteiger partial charge in [-0.1, -0.05) is 183 Å². The lowest BCUT2D eigenvalue weighted by atomic mass is 9.82. The van der Waals surface area contributed by atoms with Crippen molar-refractivity contribution < 1.29 is 0 Å². The van der Waals surface area contributed by atoms with Crippen LogP contribution in [-0.2, 0) is 0 Å². The van der Waals surface area contributed by atoms with Crippen LogP contribution in [0.3, 0.4) is 0 Å². The van der Waals surface area contributed by atoms with Gasteiger partial charge in [0.15, 0.2) is 0 Å². The fraction of sp³-hybridized carbons (Fsp3) is 0.0303. The summed E-state index contributed by atoms with van der Waals surface area (Å²) in [6, 6.07) is 73.2. The number of likely N-dealkylation sites (N-methyl/N-ethyl adjacent to an activating group) is 1. The maximum atomic E-state index is 4.01. The third-order valence-corrected chi connectivity index (χ3v) is 13.4. The van der Waals surface area contributed by atoms with Gasteiger partial charge in [-0.05, 0) is 143 Å². The summed E-state index contributed by atoms with van der Waals surface area (Å²) >= 11 is 0. The van der Waals surface area contributed by atoms with Crippen molar-refractivity contribution in [3.8, 4) is 33.4 Å². The highest BCUT2D eigenvalue weighted by Crippen LogP contribution is 2.50. The lowest BCUT2D eigenvalue weighted by Crippen LogP contribution is -2.25.